The lowest BCUT2D eigenvalue weighted by Crippen LogP contribution is -2.65. The van der Waals surface area contributed by atoms with Crippen molar-refractivity contribution in [1.29, 1.82) is 5.26 Å². The smallest absolute Gasteiger partial charge is 0.292 e. The molecule has 4 unspecified atom stereocenters. The van der Waals surface area contributed by atoms with Crippen LogP contribution < -0.4 is 4.90 Å². The summed E-state index contributed by atoms with van der Waals surface area (Å²) in [7, 11) is 0. The third-order valence-electron chi connectivity index (χ3n) is 9.21. The van der Waals surface area contributed by atoms with Gasteiger partial charge < -0.3 is 0 Å². The second kappa shape index (κ2) is 8.18. The van der Waals surface area contributed by atoms with Crippen molar-refractivity contribution >= 4 is 45.8 Å². The zero-order chi connectivity index (χ0) is 26.2. The normalized spacial score (nSPS) is 29.2. The number of Topliss-reactive ketones (excluding diaryl/α,β-unsaturated/α-hetero) is 1. The van der Waals surface area contributed by atoms with E-state index in [2.05, 4.69) is 16.0 Å². The molecule has 9 heteroatoms. The Hall–Kier alpha value is -3.64. The molecule has 1 aromatic heterocycles. The maximum Gasteiger partial charge on any atom is 0.433 e. The van der Waals surface area contributed by atoms with Crippen LogP contribution in [0.4, 0.5) is 10.5 Å². The van der Waals surface area contributed by atoms with Crippen molar-refractivity contribution in [3.8, 4) is 6.07 Å². The van der Waals surface area contributed by atoms with Gasteiger partial charge in [0.05, 0.1) is 30.4 Å². The average molecular weight is 527 g/mol. The number of piperazine rings is 1. The minimum Gasteiger partial charge on any atom is -0.292 e. The highest BCUT2D eigenvalue weighted by atomic mass is 35.5. The first-order valence-electron chi connectivity index (χ1n) is 13.0. The van der Waals surface area contributed by atoms with Crippen LogP contribution in [0.15, 0.2) is 54.7 Å². The van der Waals surface area contributed by atoms with Crippen LogP contribution in [0.5, 0.6) is 0 Å². The first kappa shape index (κ1) is 23.5. The molecule has 4 aliphatic rings. The number of imide groups is 1. The van der Waals surface area contributed by atoms with Gasteiger partial charge in [0.25, 0.3) is 5.91 Å². The van der Waals surface area contributed by atoms with Gasteiger partial charge in [0, 0.05) is 15.8 Å². The molecule has 4 fully saturated rings. The molecule has 3 saturated heterocycles. The fraction of sp³-hybridized carbons (Fsp3) is 0.345. The van der Waals surface area contributed by atoms with Crippen molar-refractivity contribution in [1.82, 2.24) is 9.88 Å². The molecule has 2 bridgehead atoms. The number of anilines is 1. The summed E-state index contributed by atoms with van der Waals surface area (Å²) in [6.07, 6.45) is 4.77. The van der Waals surface area contributed by atoms with Crippen molar-refractivity contribution in [2.75, 3.05) is 24.7 Å². The largest absolute Gasteiger partial charge is 0.433 e. The molecule has 7 rings (SSSR count). The van der Waals surface area contributed by atoms with Gasteiger partial charge in [-0.3, -0.25) is 9.59 Å². The summed E-state index contributed by atoms with van der Waals surface area (Å²) < 4.78 is -0.179. The molecule has 4 atom stereocenters. The molecule has 3 aromatic rings. The first-order chi connectivity index (χ1) is 18.4. The second-order valence-electron chi connectivity index (χ2n) is 10.9. The highest BCUT2D eigenvalue weighted by molar-refractivity contribution is 6.30. The van der Waals surface area contributed by atoms with Crippen molar-refractivity contribution < 1.29 is 18.9 Å². The summed E-state index contributed by atoms with van der Waals surface area (Å²) in [5.74, 6) is -0.256. The van der Waals surface area contributed by atoms with Crippen molar-refractivity contribution in [2.45, 2.75) is 43.2 Å². The molecule has 3 aliphatic heterocycles. The number of nitrogens with zero attached hydrogens (tertiary/aromatic N) is 5. The van der Waals surface area contributed by atoms with Gasteiger partial charge in [-0.25, -0.2) is 19.2 Å². The number of hydrogen-bond donors (Lipinski definition) is 0. The van der Waals surface area contributed by atoms with Crippen LogP contribution >= 0.6 is 11.6 Å². The number of benzene rings is 2. The molecule has 1 aliphatic carbocycles. The van der Waals surface area contributed by atoms with Crippen LogP contribution in [0.3, 0.4) is 0 Å². The lowest BCUT2D eigenvalue weighted by Gasteiger charge is -2.38. The maximum atomic E-state index is 14.6. The number of quaternary nitrogens is 1. The molecule has 2 aromatic carbocycles. The summed E-state index contributed by atoms with van der Waals surface area (Å²) >= 11 is 6.16. The van der Waals surface area contributed by atoms with Gasteiger partial charge in [-0.1, -0.05) is 60.8 Å². The van der Waals surface area contributed by atoms with E-state index in [-0.39, 0.29) is 27.9 Å². The van der Waals surface area contributed by atoms with Crippen molar-refractivity contribution in [3.63, 3.8) is 0 Å². The lowest BCUT2D eigenvalue weighted by molar-refractivity contribution is -0.853. The second-order valence-corrected chi connectivity index (χ2v) is 11.3. The number of halogens is 1. The van der Waals surface area contributed by atoms with Gasteiger partial charge in [0.2, 0.25) is 5.78 Å². The number of nitriles is 1. The third-order valence-corrected chi connectivity index (χ3v) is 9.46. The summed E-state index contributed by atoms with van der Waals surface area (Å²) in [5.41, 5.74) is 0.866. The van der Waals surface area contributed by atoms with Gasteiger partial charge in [0.1, 0.15) is 18.4 Å². The fourth-order valence-electron chi connectivity index (χ4n) is 7.45. The molecule has 0 N–H and O–H groups in total. The van der Waals surface area contributed by atoms with Gasteiger partial charge in [-0.15, -0.1) is 0 Å². The lowest BCUT2D eigenvalue weighted by atomic mass is 9.72. The van der Waals surface area contributed by atoms with E-state index in [4.69, 9.17) is 11.6 Å². The van der Waals surface area contributed by atoms with Gasteiger partial charge in [-0.2, -0.15) is 10.2 Å². The van der Waals surface area contributed by atoms with E-state index in [1.54, 1.807) is 18.2 Å². The van der Waals surface area contributed by atoms with E-state index in [0.717, 1.165) is 31.2 Å². The number of ketones is 1. The Morgan fingerprint density at radius 1 is 1.05 bits per heavy atom. The van der Waals surface area contributed by atoms with E-state index < -0.39 is 17.5 Å². The molecule has 0 radical (unpaired) electrons. The molecule has 190 valence electrons. The SMILES string of the molecule is N#Cc1ncc(N2C(=O)C3CN4CC(C(=O)C5(c6ccc(Cl)cc6)CCCC5)[N+]3(C4)C2=O)c2ccccc12. The third kappa shape index (κ3) is 2.92. The van der Waals surface area contributed by atoms with E-state index in [9.17, 15) is 19.6 Å². The van der Waals surface area contributed by atoms with Crippen LogP contribution in [0, 0.1) is 11.3 Å². The average Bonchev–Trinajstić information content (AvgIpc) is 3.71. The Bertz CT molecular complexity index is 1580. The maximum absolute atomic E-state index is 14.6. The van der Waals surface area contributed by atoms with Crippen molar-refractivity contribution in [2.24, 2.45) is 0 Å². The number of pyridine rings is 1. The first-order valence-corrected chi connectivity index (χ1v) is 13.3. The van der Waals surface area contributed by atoms with Gasteiger partial charge in [-0.05, 0) is 30.5 Å². The number of aromatic nitrogens is 1. The number of rotatable bonds is 4. The fourth-order valence-corrected chi connectivity index (χ4v) is 7.58. The van der Waals surface area contributed by atoms with Crippen LogP contribution in [0.2, 0.25) is 5.02 Å². The number of amides is 3. The van der Waals surface area contributed by atoms with Crippen LogP contribution in [0.25, 0.3) is 10.8 Å². The monoisotopic (exact) mass is 526 g/mol. The molecule has 1 spiro atoms. The summed E-state index contributed by atoms with van der Waals surface area (Å²) in [6, 6.07) is 15.1. The predicted molar refractivity (Wildman–Crippen MR) is 140 cm³/mol. The molecule has 8 nitrogen and oxygen atoms in total. The zero-order valence-electron chi connectivity index (χ0n) is 20.6. The van der Waals surface area contributed by atoms with Gasteiger partial charge >= 0.3 is 6.03 Å². The van der Waals surface area contributed by atoms with Crippen molar-refractivity contribution in [3.05, 3.63) is 71.0 Å². The van der Waals surface area contributed by atoms with E-state index in [1.807, 2.05) is 30.3 Å². The predicted octanol–water partition coefficient (Wildman–Crippen LogP) is 4.15. The molecule has 1 saturated carbocycles. The Kier molecular flexibility index (Phi) is 5.05. The van der Waals surface area contributed by atoms with E-state index in [1.165, 1.54) is 11.1 Å². The zero-order valence-corrected chi connectivity index (χ0v) is 21.4. The highest BCUT2D eigenvalue weighted by Gasteiger charge is 2.74. The number of carbonyl (C=O) groups is 3. The Morgan fingerprint density at radius 2 is 1.76 bits per heavy atom. The summed E-state index contributed by atoms with van der Waals surface area (Å²) in [6.45, 7) is 1.25. The molecule has 3 amide bonds. The number of urea groups is 1. The number of fused-ring (bicyclic) bond motifs is 2. The van der Waals surface area contributed by atoms with E-state index in [0.29, 0.717) is 41.2 Å². The number of hydrogen-bond acceptors (Lipinski definition) is 6. The molecule has 4 heterocycles. The summed E-state index contributed by atoms with van der Waals surface area (Å²) in [5, 5.41) is 11.4. The minimum absolute atomic E-state index is 0.0512. The molecule has 38 heavy (non-hydrogen) atoms. The molecular weight excluding hydrogens is 502 g/mol. The number of carbonyl (C=O) groups excluding carboxylic acids is 3. The summed E-state index contributed by atoms with van der Waals surface area (Å²) in [4.78, 5) is 50.4. The minimum atomic E-state index is -0.683. The quantitative estimate of drug-likeness (QED) is 0.374. The topological polar surface area (TPSA) is 94.4 Å². The van der Waals surface area contributed by atoms with E-state index >= 15 is 0 Å². The van der Waals surface area contributed by atoms with Crippen LogP contribution in [0.1, 0.15) is 36.9 Å². The Morgan fingerprint density at radius 3 is 2.47 bits per heavy atom. The van der Waals surface area contributed by atoms with Crippen LogP contribution in [-0.4, -0.2) is 63.9 Å². The van der Waals surface area contributed by atoms with Gasteiger partial charge in [0.15, 0.2) is 12.1 Å². The molecular formula is C29H25ClN5O3+. The Labute approximate surface area is 224 Å². The standard InChI is InChI=1S/C29H25ClN5O3/c30-19-9-7-18(8-10-19)29(11-3-4-12-29)26(36)24-15-33-16-25-27(37)34(28(38)35(24,25)17-33)23-14-32-22(13-31)20-5-1-2-6-21(20)23/h1-2,5-10,14,24-25H,3-4,11-12,15-17H2/q+1. The Balaban J connectivity index is 1.33. The van der Waals surface area contributed by atoms with Crippen LogP contribution in [-0.2, 0) is 15.0 Å². The highest BCUT2D eigenvalue weighted by Crippen LogP contribution is 2.50.